The van der Waals surface area contributed by atoms with E-state index in [4.69, 9.17) is 4.98 Å². The normalized spacial score (nSPS) is 19.8. The number of nitrogens with one attached hydrogen (secondary N) is 1. The van der Waals surface area contributed by atoms with Gasteiger partial charge < -0.3 is 10.2 Å². The Morgan fingerprint density at radius 3 is 2.81 bits per heavy atom. The first kappa shape index (κ1) is 16.8. The lowest BCUT2D eigenvalue weighted by Gasteiger charge is -2.28. The summed E-state index contributed by atoms with van der Waals surface area (Å²) in [5.41, 5.74) is 1.30. The predicted octanol–water partition coefficient (Wildman–Crippen LogP) is 4.36. The van der Waals surface area contributed by atoms with Crippen molar-refractivity contribution in [2.75, 3.05) is 18.0 Å². The van der Waals surface area contributed by atoms with Crippen molar-refractivity contribution < 1.29 is 0 Å². The maximum atomic E-state index is 4.98. The van der Waals surface area contributed by atoms with E-state index in [1.807, 2.05) is 11.3 Å². The number of thiazole rings is 1. The van der Waals surface area contributed by atoms with Crippen LogP contribution >= 0.6 is 11.3 Å². The molecule has 21 heavy (non-hydrogen) atoms. The minimum Gasteiger partial charge on any atom is -0.345 e. The van der Waals surface area contributed by atoms with Gasteiger partial charge in [-0.25, -0.2) is 4.98 Å². The number of rotatable bonds is 7. The van der Waals surface area contributed by atoms with Gasteiger partial charge in [0.25, 0.3) is 0 Å². The van der Waals surface area contributed by atoms with Crippen LogP contribution in [0, 0.1) is 0 Å². The largest absolute Gasteiger partial charge is 0.345 e. The molecule has 120 valence electrons. The average molecular weight is 310 g/mol. The van der Waals surface area contributed by atoms with Gasteiger partial charge in [0, 0.05) is 24.0 Å². The molecule has 2 heterocycles. The van der Waals surface area contributed by atoms with E-state index in [0.29, 0.717) is 6.04 Å². The summed E-state index contributed by atoms with van der Waals surface area (Å²) in [6.07, 6.45) is 8.89. The second-order valence-corrected chi connectivity index (χ2v) is 7.06. The van der Waals surface area contributed by atoms with E-state index in [0.717, 1.165) is 19.5 Å². The Kier molecular flexibility index (Phi) is 6.97. The van der Waals surface area contributed by atoms with Crippen LogP contribution < -0.4 is 10.2 Å². The van der Waals surface area contributed by atoms with Gasteiger partial charge in [0.15, 0.2) is 5.13 Å². The molecule has 0 aromatic carbocycles. The zero-order valence-electron chi connectivity index (χ0n) is 14.0. The maximum absolute atomic E-state index is 4.98. The fourth-order valence-corrected chi connectivity index (χ4v) is 4.36. The highest BCUT2D eigenvalue weighted by atomic mass is 32.1. The van der Waals surface area contributed by atoms with Crippen LogP contribution in [0.15, 0.2) is 0 Å². The van der Waals surface area contributed by atoms with Gasteiger partial charge in [-0.05, 0) is 38.6 Å². The van der Waals surface area contributed by atoms with Crippen LogP contribution in [-0.2, 0) is 13.0 Å². The van der Waals surface area contributed by atoms with Crippen molar-refractivity contribution >= 4 is 16.5 Å². The molecule has 0 aliphatic carbocycles. The molecular formula is C17H31N3S. The smallest absolute Gasteiger partial charge is 0.186 e. The number of aryl methyl sites for hydroxylation is 1. The zero-order chi connectivity index (χ0) is 15.1. The predicted molar refractivity (Wildman–Crippen MR) is 93.4 cm³/mol. The van der Waals surface area contributed by atoms with Gasteiger partial charge in [0.2, 0.25) is 0 Å². The van der Waals surface area contributed by atoms with E-state index in [2.05, 4.69) is 31.0 Å². The van der Waals surface area contributed by atoms with Crippen molar-refractivity contribution in [3.63, 3.8) is 0 Å². The van der Waals surface area contributed by atoms with Gasteiger partial charge in [0.1, 0.15) is 0 Å². The van der Waals surface area contributed by atoms with Crippen molar-refractivity contribution in [3.05, 3.63) is 10.6 Å². The molecule has 1 aliphatic rings. The first-order valence-electron chi connectivity index (χ1n) is 8.76. The molecule has 0 saturated carbocycles. The van der Waals surface area contributed by atoms with Crippen molar-refractivity contribution in [1.29, 1.82) is 0 Å². The molecule has 1 fully saturated rings. The molecule has 3 nitrogen and oxygen atoms in total. The Morgan fingerprint density at radius 1 is 1.24 bits per heavy atom. The second-order valence-electron chi connectivity index (χ2n) is 6.00. The molecule has 1 saturated heterocycles. The van der Waals surface area contributed by atoms with Crippen LogP contribution in [0.25, 0.3) is 0 Å². The highest BCUT2D eigenvalue weighted by molar-refractivity contribution is 7.15. The van der Waals surface area contributed by atoms with E-state index in [-0.39, 0.29) is 0 Å². The fraction of sp³-hybridized carbons (Fsp3) is 0.824. The summed E-state index contributed by atoms with van der Waals surface area (Å²) in [6.45, 7) is 10.0. The van der Waals surface area contributed by atoms with Crippen molar-refractivity contribution in [1.82, 2.24) is 10.3 Å². The molecule has 1 aromatic heterocycles. The van der Waals surface area contributed by atoms with Gasteiger partial charge in [-0.1, -0.05) is 33.6 Å². The molecule has 1 unspecified atom stereocenters. The lowest BCUT2D eigenvalue weighted by molar-refractivity contribution is 0.555. The molecule has 4 heteroatoms. The number of anilines is 1. The van der Waals surface area contributed by atoms with Crippen molar-refractivity contribution in [2.24, 2.45) is 0 Å². The molecule has 1 N–H and O–H groups in total. The monoisotopic (exact) mass is 309 g/mol. The van der Waals surface area contributed by atoms with Crippen LogP contribution in [-0.4, -0.2) is 24.1 Å². The van der Waals surface area contributed by atoms with Gasteiger partial charge >= 0.3 is 0 Å². The third kappa shape index (κ3) is 4.43. The lowest BCUT2D eigenvalue weighted by atomic mass is 10.1. The minimum absolute atomic E-state index is 0.694. The Labute approximate surface area is 134 Å². The highest BCUT2D eigenvalue weighted by Gasteiger charge is 2.23. The molecule has 0 spiro atoms. The van der Waals surface area contributed by atoms with Crippen LogP contribution in [0.3, 0.4) is 0 Å². The molecule has 0 bridgehead atoms. The average Bonchev–Trinajstić information content (AvgIpc) is 2.76. The van der Waals surface area contributed by atoms with Crippen molar-refractivity contribution in [2.45, 2.75) is 78.3 Å². The number of hydrogen-bond acceptors (Lipinski definition) is 4. The molecule has 1 aliphatic heterocycles. The Balaban J connectivity index is 2.13. The Morgan fingerprint density at radius 2 is 2.10 bits per heavy atom. The first-order valence-corrected chi connectivity index (χ1v) is 9.57. The summed E-state index contributed by atoms with van der Waals surface area (Å²) >= 11 is 1.92. The zero-order valence-corrected chi connectivity index (χ0v) is 14.8. The van der Waals surface area contributed by atoms with Gasteiger partial charge in [-0.15, -0.1) is 11.3 Å². The standard InChI is InChI=1S/C17H31N3S/c1-4-11-18-13-16-15(6-3)19-17(21-16)20-12-9-7-8-10-14(20)5-2/h14,18H,4-13H2,1-3H3. The summed E-state index contributed by atoms with van der Waals surface area (Å²) < 4.78 is 0. The summed E-state index contributed by atoms with van der Waals surface area (Å²) in [4.78, 5) is 9.02. The summed E-state index contributed by atoms with van der Waals surface area (Å²) in [6, 6.07) is 0.694. The number of nitrogens with zero attached hydrogens (tertiary/aromatic N) is 2. The SMILES string of the molecule is CCCNCc1sc(N2CCCCCC2CC)nc1CC. The minimum atomic E-state index is 0.694. The van der Waals surface area contributed by atoms with E-state index in [9.17, 15) is 0 Å². The summed E-state index contributed by atoms with van der Waals surface area (Å²) in [5, 5.41) is 4.80. The Bertz CT molecular complexity index is 416. The molecule has 2 rings (SSSR count). The third-order valence-corrected chi connectivity index (χ3v) is 5.54. The van der Waals surface area contributed by atoms with E-state index in [1.165, 1.54) is 60.8 Å². The van der Waals surface area contributed by atoms with Gasteiger partial charge in [0.05, 0.1) is 5.69 Å². The van der Waals surface area contributed by atoms with Gasteiger partial charge in [-0.2, -0.15) is 0 Å². The third-order valence-electron chi connectivity index (χ3n) is 4.41. The van der Waals surface area contributed by atoms with Crippen LogP contribution in [0.4, 0.5) is 5.13 Å². The topological polar surface area (TPSA) is 28.2 Å². The number of hydrogen-bond donors (Lipinski definition) is 1. The number of aromatic nitrogens is 1. The van der Waals surface area contributed by atoms with Crippen LogP contribution in [0.5, 0.6) is 0 Å². The van der Waals surface area contributed by atoms with Gasteiger partial charge in [-0.3, -0.25) is 0 Å². The van der Waals surface area contributed by atoms with E-state index < -0.39 is 0 Å². The van der Waals surface area contributed by atoms with E-state index in [1.54, 1.807) is 0 Å². The van der Waals surface area contributed by atoms with Crippen LogP contribution in [0.1, 0.15) is 69.9 Å². The van der Waals surface area contributed by atoms with Crippen molar-refractivity contribution in [3.8, 4) is 0 Å². The summed E-state index contributed by atoms with van der Waals surface area (Å²) in [5.74, 6) is 0. The van der Waals surface area contributed by atoms with Crippen LogP contribution in [0.2, 0.25) is 0 Å². The molecule has 1 aromatic rings. The maximum Gasteiger partial charge on any atom is 0.186 e. The summed E-state index contributed by atoms with van der Waals surface area (Å²) in [7, 11) is 0. The highest BCUT2D eigenvalue weighted by Crippen LogP contribution is 2.32. The molecule has 0 radical (unpaired) electrons. The molecular weight excluding hydrogens is 278 g/mol. The lowest BCUT2D eigenvalue weighted by Crippen LogP contribution is -2.34. The van der Waals surface area contributed by atoms with E-state index >= 15 is 0 Å². The molecule has 0 amide bonds. The fourth-order valence-electron chi connectivity index (χ4n) is 3.14. The first-order chi connectivity index (χ1) is 10.3. The Hall–Kier alpha value is -0.610. The molecule has 1 atom stereocenters. The second kappa shape index (κ2) is 8.74. The quantitative estimate of drug-likeness (QED) is 0.758.